The third-order valence-corrected chi connectivity index (χ3v) is 7.12. The van der Waals surface area contributed by atoms with Gasteiger partial charge in [-0.15, -0.1) is 0 Å². The molecule has 0 spiro atoms. The zero-order valence-electron chi connectivity index (χ0n) is 19.1. The molecule has 1 N–H and O–H groups in total. The van der Waals surface area contributed by atoms with Crippen LogP contribution in [-0.2, 0) is 28.4 Å². The van der Waals surface area contributed by atoms with E-state index in [4.69, 9.17) is 9.72 Å². The van der Waals surface area contributed by atoms with E-state index in [1.807, 2.05) is 61.0 Å². The van der Waals surface area contributed by atoms with Gasteiger partial charge < -0.3 is 14.6 Å². The van der Waals surface area contributed by atoms with Crippen molar-refractivity contribution in [2.75, 3.05) is 44.4 Å². The van der Waals surface area contributed by atoms with Gasteiger partial charge >= 0.3 is 0 Å². The van der Waals surface area contributed by atoms with E-state index in [0.717, 1.165) is 22.4 Å². The molecule has 0 unspecified atom stereocenters. The summed E-state index contributed by atoms with van der Waals surface area (Å²) < 4.78 is 32.5. The van der Waals surface area contributed by atoms with Crippen LogP contribution in [0, 0.1) is 6.92 Å². The molecule has 1 saturated heterocycles. The van der Waals surface area contributed by atoms with E-state index in [-0.39, 0.29) is 12.5 Å². The normalized spacial score (nSPS) is 15.6. The number of sulfonamides is 1. The van der Waals surface area contributed by atoms with Crippen molar-refractivity contribution in [3.05, 3.63) is 53.9 Å². The molecule has 1 aromatic heterocycles. The lowest BCUT2D eigenvalue weighted by molar-refractivity contribution is -0.118. The number of fused-ring (bicyclic) bond motifs is 1. The van der Waals surface area contributed by atoms with Crippen molar-refractivity contribution in [1.82, 2.24) is 18.8 Å². The predicted octanol–water partition coefficient (Wildman–Crippen LogP) is 1.98. The molecule has 0 atom stereocenters. The smallest absolute Gasteiger partial charge is 0.262 e. The lowest BCUT2D eigenvalue weighted by atomic mass is 10.2. The van der Waals surface area contributed by atoms with Crippen LogP contribution in [0.3, 0.4) is 0 Å². The molecule has 1 aliphatic heterocycles. The zero-order chi connectivity index (χ0) is 23.6. The highest BCUT2D eigenvalue weighted by atomic mass is 32.2. The summed E-state index contributed by atoms with van der Waals surface area (Å²) in [6, 6.07) is 13.2. The summed E-state index contributed by atoms with van der Waals surface area (Å²) in [5, 5.41) is 2.86. The molecule has 1 amide bonds. The number of nitrogens with zero attached hydrogens (tertiary/aromatic N) is 4. The summed E-state index contributed by atoms with van der Waals surface area (Å²) in [6.07, 6.45) is 1.25. The highest BCUT2D eigenvalue weighted by molar-refractivity contribution is 7.88. The summed E-state index contributed by atoms with van der Waals surface area (Å²) in [7, 11) is -1.18. The number of aryl methyl sites for hydroxylation is 2. The number of amides is 1. The SMILES string of the molecule is Cc1ccc(OCC(=O)Nc2ccc3c(c2)nc(CN2CCN(S(C)(=O)=O)CC2)n3C)cc1. The van der Waals surface area contributed by atoms with Crippen LogP contribution in [0.5, 0.6) is 5.75 Å². The molecule has 1 aliphatic rings. The second kappa shape index (κ2) is 9.50. The Labute approximate surface area is 194 Å². The fourth-order valence-corrected chi connectivity index (χ4v) is 4.70. The van der Waals surface area contributed by atoms with Gasteiger partial charge in [0.05, 0.1) is 23.8 Å². The summed E-state index contributed by atoms with van der Waals surface area (Å²) in [6.45, 7) is 4.86. The molecule has 33 heavy (non-hydrogen) atoms. The van der Waals surface area contributed by atoms with Gasteiger partial charge in [0.25, 0.3) is 5.91 Å². The number of carbonyl (C=O) groups is 1. The number of nitrogens with one attached hydrogen (secondary N) is 1. The Morgan fingerprint density at radius 1 is 1.09 bits per heavy atom. The lowest BCUT2D eigenvalue weighted by Gasteiger charge is -2.32. The maximum Gasteiger partial charge on any atom is 0.262 e. The van der Waals surface area contributed by atoms with Crippen LogP contribution < -0.4 is 10.1 Å². The minimum Gasteiger partial charge on any atom is -0.484 e. The van der Waals surface area contributed by atoms with E-state index >= 15 is 0 Å². The van der Waals surface area contributed by atoms with Crippen LogP contribution in [0.1, 0.15) is 11.4 Å². The number of imidazole rings is 1. The Bertz CT molecular complexity index is 1250. The minimum absolute atomic E-state index is 0.0754. The monoisotopic (exact) mass is 471 g/mol. The summed E-state index contributed by atoms with van der Waals surface area (Å²) >= 11 is 0. The summed E-state index contributed by atoms with van der Waals surface area (Å²) in [5.74, 6) is 1.30. The molecular weight excluding hydrogens is 442 g/mol. The first-order valence-corrected chi connectivity index (χ1v) is 12.7. The lowest BCUT2D eigenvalue weighted by Crippen LogP contribution is -2.48. The first-order valence-electron chi connectivity index (χ1n) is 10.8. The largest absolute Gasteiger partial charge is 0.484 e. The van der Waals surface area contributed by atoms with E-state index in [9.17, 15) is 13.2 Å². The first kappa shape index (κ1) is 23.2. The number of hydrogen-bond donors (Lipinski definition) is 1. The molecule has 2 aromatic carbocycles. The molecule has 10 heteroatoms. The zero-order valence-corrected chi connectivity index (χ0v) is 19.9. The number of aromatic nitrogens is 2. The van der Waals surface area contributed by atoms with Gasteiger partial charge in [0.2, 0.25) is 10.0 Å². The molecule has 4 rings (SSSR count). The van der Waals surface area contributed by atoms with Crippen LogP contribution in [0.2, 0.25) is 0 Å². The van der Waals surface area contributed by atoms with Crippen molar-refractivity contribution < 1.29 is 17.9 Å². The maximum atomic E-state index is 12.3. The van der Waals surface area contributed by atoms with Crippen LogP contribution in [-0.4, -0.2) is 72.1 Å². The van der Waals surface area contributed by atoms with Crippen molar-refractivity contribution in [2.24, 2.45) is 7.05 Å². The van der Waals surface area contributed by atoms with Crippen LogP contribution in [0.15, 0.2) is 42.5 Å². The highest BCUT2D eigenvalue weighted by Gasteiger charge is 2.24. The number of ether oxygens (including phenoxy) is 1. The Kier molecular flexibility index (Phi) is 6.68. The van der Waals surface area contributed by atoms with Crippen molar-refractivity contribution in [3.8, 4) is 5.75 Å². The number of piperazine rings is 1. The molecule has 0 aliphatic carbocycles. The molecule has 176 valence electrons. The molecule has 0 saturated carbocycles. The molecule has 0 bridgehead atoms. The third-order valence-electron chi connectivity index (χ3n) is 5.81. The van der Waals surface area contributed by atoms with E-state index < -0.39 is 10.0 Å². The topological polar surface area (TPSA) is 96.8 Å². The third kappa shape index (κ3) is 5.70. The fraction of sp³-hybridized carbons (Fsp3) is 0.391. The fourth-order valence-electron chi connectivity index (χ4n) is 3.87. The number of hydrogen-bond acceptors (Lipinski definition) is 6. The second-order valence-electron chi connectivity index (χ2n) is 8.38. The average Bonchev–Trinajstić information content (AvgIpc) is 3.07. The summed E-state index contributed by atoms with van der Waals surface area (Å²) in [4.78, 5) is 19.3. The van der Waals surface area contributed by atoms with Gasteiger partial charge in [-0.05, 0) is 37.3 Å². The van der Waals surface area contributed by atoms with Crippen LogP contribution in [0.25, 0.3) is 11.0 Å². The first-order chi connectivity index (χ1) is 15.7. The summed E-state index contributed by atoms with van der Waals surface area (Å²) in [5.41, 5.74) is 3.55. The maximum absolute atomic E-state index is 12.3. The minimum atomic E-state index is -3.15. The number of rotatable bonds is 7. The van der Waals surface area contributed by atoms with E-state index in [1.165, 1.54) is 10.6 Å². The van der Waals surface area contributed by atoms with Gasteiger partial charge in [0.15, 0.2) is 6.61 Å². The quantitative estimate of drug-likeness (QED) is 0.566. The van der Waals surface area contributed by atoms with Gasteiger partial charge in [-0.3, -0.25) is 9.69 Å². The second-order valence-corrected chi connectivity index (χ2v) is 10.4. The van der Waals surface area contributed by atoms with Gasteiger partial charge in [0.1, 0.15) is 11.6 Å². The van der Waals surface area contributed by atoms with Crippen molar-refractivity contribution in [2.45, 2.75) is 13.5 Å². The molecule has 2 heterocycles. The van der Waals surface area contributed by atoms with Gasteiger partial charge in [-0.25, -0.2) is 13.4 Å². The van der Waals surface area contributed by atoms with Gasteiger partial charge in [0, 0.05) is 38.9 Å². The van der Waals surface area contributed by atoms with E-state index in [1.54, 1.807) is 0 Å². The molecule has 1 fully saturated rings. The standard InChI is InChI=1S/C23H29N5O4S/c1-17-4-7-19(8-5-17)32-16-23(29)24-18-6-9-21-20(14-18)25-22(26(21)2)15-27-10-12-28(13-11-27)33(3,30)31/h4-9,14H,10-13,15-16H2,1-3H3,(H,24,29). The molecule has 9 nitrogen and oxygen atoms in total. The van der Waals surface area contributed by atoms with Crippen molar-refractivity contribution >= 4 is 32.7 Å². The Hall–Kier alpha value is -2.95. The number of carbonyl (C=O) groups excluding carboxylic acids is 1. The average molecular weight is 472 g/mol. The van der Waals surface area contributed by atoms with Crippen molar-refractivity contribution in [3.63, 3.8) is 0 Å². The molecule has 0 radical (unpaired) electrons. The molecular formula is C23H29N5O4S. The van der Waals surface area contributed by atoms with Crippen LogP contribution >= 0.6 is 0 Å². The van der Waals surface area contributed by atoms with E-state index in [2.05, 4.69) is 10.2 Å². The van der Waals surface area contributed by atoms with Crippen LogP contribution in [0.4, 0.5) is 5.69 Å². The Balaban J connectivity index is 1.37. The predicted molar refractivity (Wildman–Crippen MR) is 128 cm³/mol. The Morgan fingerprint density at radius 2 is 1.79 bits per heavy atom. The van der Waals surface area contributed by atoms with Gasteiger partial charge in [-0.1, -0.05) is 17.7 Å². The van der Waals surface area contributed by atoms with Gasteiger partial charge in [-0.2, -0.15) is 4.31 Å². The number of anilines is 1. The van der Waals surface area contributed by atoms with E-state index in [0.29, 0.717) is 44.2 Å². The highest BCUT2D eigenvalue weighted by Crippen LogP contribution is 2.21. The molecule has 3 aromatic rings. The Morgan fingerprint density at radius 3 is 2.45 bits per heavy atom. The number of benzene rings is 2. The van der Waals surface area contributed by atoms with Crippen molar-refractivity contribution in [1.29, 1.82) is 0 Å².